The number of likely N-dealkylation sites (tertiary alicyclic amines) is 1. The highest BCUT2D eigenvalue weighted by Gasteiger charge is 2.30. The van der Waals surface area contributed by atoms with E-state index in [1.165, 1.54) is 4.90 Å². The fourth-order valence-electron chi connectivity index (χ4n) is 1.92. The third-order valence-electron chi connectivity index (χ3n) is 2.98. The molecule has 1 rings (SSSR count). The van der Waals surface area contributed by atoms with Gasteiger partial charge in [-0.05, 0) is 6.42 Å². The van der Waals surface area contributed by atoms with Gasteiger partial charge in [0.15, 0.2) is 5.78 Å². The van der Waals surface area contributed by atoms with Crippen molar-refractivity contribution in [1.29, 1.82) is 0 Å². The topological polar surface area (TPSA) is 63.7 Å². The SMILES string of the molecule is CCCCOC(=O)CC(=O)CN1C[C@@H](CF)CC1=O. The highest BCUT2D eigenvalue weighted by atomic mass is 19.1. The van der Waals surface area contributed by atoms with Crippen LogP contribution in [0.25, 0.3) is 0 Å². The standard InChI is InChI=1S/C13H20FNO4/c1-2-3-4-19-13(18)6-11(16)9-15-8-10(7-14)5-12(15)17/h10H,2-9H2,1H3/t10-/m1/s1. The van der Waals surface area contributed by atoms with Crippen molar-refractivity contribution in [1.82, 2.24) is 4.90 Å². The van der Waals surface area contributed by atoms with E-state index in [-0.39, 0.29) is 43.5 Å². The minimum absolute atomic E-state index is 0.127. The maximum Gasteiger partial charge on any atom is 0.313 e. The van der Waals surface area contributed by atoms with Gasteiger partial charge in [-0.3, -0.25) is 18.8 Å². The third-order valence-corrected chi connectivity index (χ3v) is 2.98. The maximum absolute atomic E-state index is 12.4. The Morgan fingerprint density at radius 2 is 2.21 bits per heavy atom. The van der Waals surface area contributed by atoms with Gasteiger partial charge in [0.05, 0.1) is 19.8 Å². The van der Waals surface area contributed by atoms with Crippen LogP contribution in [-0.2, 0) is 19.1 Å². The van der Waals surface area contributed by atoms with E-state index in [0.717, 1.165) is 12.8 Å². The molecule has 0 aromatic carbocycles. The number of unbranched alkanes of at least 4 members (excludes halogenated alkanes) is 1. The van der Waals surface area contributed by atoms with Gasteiger partial charge in [0.1, 0.15) is 6.42 Å². The zero-order valence-electron chi connectivity index (χ0n) is 11.2. The number of nitrogens with zero attached hydrogens (tertiary/aromatic N) is 1. The predicted molar refractivity (Wildman–Crippen MR) is 66.2 cm³/mol. The molecule has 1 heterocycles. The fraction of sp³-hybridized carbons (Fsp3) is 0.769. The molecule has 0 aromatic heterocycles. The summed E-state index contributed by atoms with van der Waals surface area (Å²) in [5.74, 6) is -1.48. The molecule has 0 unspecified atom stereocenters. The summed E-state index contributed by atoms with van der Waals surface area (Å²) in [5.41, 5.74) is 0. The van der Waals surface area contributed by atoms with E-state index in [4.69, 9.17) is 4.74 Å². The second-order valence-electron chi connectivity index (χ2n) is 4.79. The van der Waals surface area contributed by atoms with E-state index in [2.05, 4.69) is 0 Å². The van der Waals surface area contributed by atoms with Crippen molar-refractivity contribution in [2.75, 3.05) is 26.4 Å². The summed E-state index contributed by atoms with van der Waals surface area (Å²) in [6, 6.07) is 0. The van der Waals surface area contributed by atoms with Gasteiger partial charge in [-0.1, -0.05) is 13.3 Å². The Kier molecular flexibility index (Phi) is 6.45. The number of ether oxygens (including phenoxy) is 1. The first-order valence-corrected chi connectivity index (χ1v) is 6.57. The van der Waals surface area contributed by atoms with Gasteiger partial charge in [0.25, 0.3) is 0 Å². The molecule has 108 valence electrons. The Balaban J connectivity index is 2.27. The Morgan fingerprint density at radius 3 is 2.79 bits per heavy atom. The molecule has 0 radical (unpaired) electrons. The summed E-state index contributed by atoms with van der Waals surface area (Å²) in [6.07, 6.45) is 1.50. The quantitative estimate of drug-likeness (QED) is 0.377. The molecular weight excluding hydrogens is 253 g/mol. The van der Waals surface area contributed by atoms with Crippen molar-refractivity contribution >= 4 is 17.7 Å². The van der Waals surface area contributed by atoms with Crippen LogP contribution in [0.2, 0.25) is 0 Å². The molecule has 1 aliphatic heterocycles. The second kappa shape index (κ2) is 7.86. The van der Waals surface area contributed by atoms with Gasteiger partial charge in [0.2, 0.25) is 5.91 Å². The average molecular weight is 273 g/mol. The summed E-state index contributed by atoms with van der Waals surface area (Å²) in [6.45, 7) is 1.86. The number of amides is 1. The first-order valence-electron chi connectivity index (χ1n) is 6.57. The largest absolute Gasteiger partial charge is 0.465 e. The van der Waals surface area contributed by atoms with E-state index in [1.54, 1.807) is 0 Å². The number of hydrogen-bond acceptors (Lipinski definition) is 4. The number of carbonyl (C=O) groups excluding carboxylic acids is 3. The highest BCUT2D eigenvalue weighted by Crippen LogP contribution is 2.17. The van der Waals surface area contributed by atoms with Crippen LogP contribution in [-0.4, -0.2) is 48.9 Å². The summed E-state index contributed by atoms with van der Waals surface area (Å²) in [5, 5.41) is 0. The monoisotopic (exact) mass is 273 g/mol. The number of esters is 1. The summed E-state index contributed by atoms with van der Waals surface area (Å²) in [7, 11) is 0. The van der Waals surface area contributed by atoms with E-state index < -0.39 is 12.6 Å². The molecule has 1 atom stereocenters. The lowest BCUT2D eigenvalue weighted by Gasteiger charge is -2.14. The van der Waals surface area contributed by atoms with Crippen LogP contribution in [0.15, 0.2) is 0 Å². The molecule has 1 fully saturated rings. The zero-order chi connectivity index (χ0) is 14.3. The second-order valence-corrected chi connectivity index (χ2v) is 4.79. The molecule has 0 spiro atoms. The molecule has 19 heavy (non-hydrogen) atoms. The number of alkyl halides is 1. The number of ketones is 1. The summed E-state index contributed by atoms with van der Waals surface area (Å²) < 4.78 is 17.3. The molecule has 1 amide bonds. The van der Waals surface area contributed by atoms with Crippen molar-refractivity contribution < 1.29 is 23.5 Å². The Bertz CT molecular complexity index is 346. The van der Waals surface area contributed by atoms with Crippen LogP contribution < -0.4 is 0 Å². The van der Waals surface area contributed by atoms with Gasteiger partial charge >= 0.3 is 5.97 Å². The molecular formula is C13H20FNO4. The van der Waals surface area contributed by atoms with Crippen molar-refractivity contribution in [2.45, 2.75) is 32.6 Å². The first kappa shape index (κ1) is 15.6. The van der Waals surface area contributed by atoms with Gasteiger partial charge in [0, 0.05) is 18.9 Å². The van der Waals surface area contributed by atoms with Crippen molar-refractivity contribution in [3.63, 3.8) is 0 Å². The van der Waals surface area contributed by atoms with Crippen LogP contribution >= 0.6 is 0 Å². The molecule has 0 N–H and O–H groups in total. The third kappa shape index (κ3) is 5.36. The normalized spacial score (nSPS) is 18.7. The molecule has 1 aliphatic rings. The highest BCUT2D eigenvalue weighted by molar-refractivity contribution is 5.98. The number of halogens is 1. The van der Waals surface area contributed by atoms with Gasteiger partial charge in [-0.25, -0.2) is 0 Å². The van der Waals surface area contributed by atoms with Crippen LogP contribution in [0.1, 0.15) is 32.6 Å². The van der Waals surface area contributed by atoms with Crippen LogP contribution in [0.4, 0.5) is 4.39 Å². The minimum Gasteiger partial charge on any atom is -0.465 e. The van der Waals surface area contributed by atoms with Gasteiger partial charge < -0.3 is 9.64 Å². The molecule has 1 saturated heterocycles. The molecule has 0 bridgehead atoms. The van der Waals surface area contributed by atoms with Gasteiger partial charge in [-0.15, -0.1) is 0 Å². The molecule has 0 aromatic rings. The van der Waals surface area contributed by atoms with Crippen LogP contribution in [0.3, 0.4) is 0 Å². The van der Waals surface area contributed by atoms with E-state index in [9.17, 15) is 18.8 Å². The first-order chi connectivity index (χ1) is 9.06. The minimum atomic E-state index is -0.563. The Labute approximate surface area is 112 Å². The summed E-state index contributed by atoms with van der Waals surface area (Å²) in [4.78, 5) is 35.7. The molecule has 5 nitrogen and oxygen atoms in total. The van der Waals surface area contributed by atoms with E-state index in [1.807, 2.05) is 6.92 Å². The fourth-order valence-corrected chi connectivity index (χ4v) is 1.92. The number of Topliss-reactive ketones (excluding diaryl/α,β-unsaturated/α-hetero) is 1. The van der Waals surface area contributed by atoms with Crippen molar-refractivity contribution in [2.24, 2.45) is 5.92 Å². The zero-order valence-corrected chi connectivity index (χ0v) is 11.2. The lowest BCUT2D eigenvalue weighted by Crippen LogP contribution is -2.32. The number of hydrogen-bond donors (Lipinski definition) is 0. The molecule has 6 heteroatoms. The Hall–Kier alpha value is -1.46. The lowest BCUT2D eigenvalue weighted by atomic mass is 10.1. The van der Waals surface area contributed by atoms with Crippen LogP contribution in [0.5, 0.6) is 0 Å². The van der Waals surface area contributed by atoms with Crippen molar-refractivity contribution in [3.05, 3.63) is 0 Å². The van der Waals surface area contributed by atoms with E-state index >= 15 is 0 Å². The lowest BCUT2D eigenvalue weighted by molar-refractivity contribution is -0.147. The summed E-state index contributed by atoms with van der Waals surface area (Å²) >= 11 is 0. The van der Waals surface area contributed by atoms with E-state index in [0.29, 0.717) is 6.61 Å². The number of carbonyl (C=O) groups is 3. The van der Waals surface area contributed by atoms with Crippen LogP contribution in [0, 0.1) is 5.92 Å². The molecule has 0 saturated carbocycles. The molecule has 0 aliphatic carbocycles. The number of rotatable bonds is 8. The van der Waals surface area contributed by atoms with Crippen molar-refractivity contribution in [3.8, 4) is 0 Å². The van der Waals surface area contributed by atoms with Gasteiger partial charge in [-0.2, -0.15) is 0 Å². The smallest absolute Gasteiger partial charge is 0.313 e. The predicted octanol–water partition coefficient (Wildman–Crippen LogP) is 1.11. The average Bonchev–Trinajstić information content (AvgIpc) is 2.70. The maximum atomic E-state index is 12.4. The Morgan fingerprint density at radius 1 is 1.47 bits per heavy atom.